The van der Waals surface area contributed by atoms with Gasteiger partial charge in [0.1, 0.15) is 16.7 Å². The maximum absolute atomic E-state index is 13.4. The van der Waals surface area contributed by atoms with Crippen LogP contribution in [0.2, 0.25) is 5.02 Å². The summed E-state index contributed by atoms with van der Waals surface area (Å²) in [6.07, 6.45) is 0.365. The van der Waals surface area contributed by atoms with Crippen molar-refractivity contribution in [2.75, 3.05) is 25.5 Å². The van der Waals surface area contributed by atoms with E-state index in [4.69, 9.17) is 11.6 Å². The van der Waals surface area contributed by atoms with Gasteiger partial charge in [0, 0.05) is 44.1 Å². The lowest BCUT2D eigenvalue weighted by atomic mass is 10.1. The summed E-state index contributed by atoms with van der Waals surface area (Å²) in [6.45, 7) is 6.80. The molecule has 0 saturated carbocycles. The van der Waals surface area contributed by atoms with Gasteiger partial charge in [-0.15, -0.1) is 0 Å². The number of carbonyl (C=O) groups is 2. The van der Waals surface area contributed by atoms with Gasteiger partial charge in [0.05, 0.1) is 5.69 Å². The normalized spacial score (nSPS) is 17.8. The van der Waals surface area contributed by atoms with Crippen molar-refractivity contribution in [1.82, 2.24) is 9.80 Å². The second-order valence-electron chi connectivity index (χ2n) is 7.31. The van der Waals surface area contributed by atoms with E-state index in [2.05, 4.69) is 5.32 Å². The molecule has 1 aromatic carbocycles. The van der Waals surface area contributed by atoms with Crippen molar-refractivity contribution in [2.45, 2.75) is 32.7 Å². The van der Waals surface area contributed by atoms with Crippen LogP contribution in [0, 0.1) is 17.6 Å². The summed E-state index contributed by atoms with van der Waals surface area (Å²) in [5.74, 6) is -1.72. The molecule has 1 aliphatic heterocycles. The van der Waals surface area contributed by atoms with Crippen LogP contribution < -0.4 is 5.32 Å². The van der Waals surface area contributed by atoms with Crippen LogP contribution in [0.5, 0.6) is 0 Å². The molecule has 0 aliphatic carbocycles. The van der Waals surface area contributed by atoms with Gasteiger partial charge in [0.2, 0.25) is 5.91 Å². The van der Waals surface area contributed by atoms with Crippen LogP contribution in [0.25, 0.3) is 0 Å². The van der Waals surface area contributed by atoms with Crippen molar-refractivity contribution < 1.29 is 18.4 Å². The molecule has 1 aromatic rings. The second kappa shape index (κ2) is 7.15. The van der Waals surface area contributed by atoms with Gasteiger partial charge in [-0.2, -0.15) is 0 Å². The standard InChI is InChI=1S/C17H22ClF2N3O2/c1-17(2,3)23-9-10(5-14(23)24)8-22(4)16(25)21-13-7-11(19)6-12(20)15(13)18/h6-7,10H,5,8-9H2,1-4H3,(H,21,25)/t10-/m0/s1. The van der Waals surface area contributed by atoms with Crippen molar-refractivity contribution in [2.24, 2.45) is 5.92 Å². The molecule has 1 aliphatic rings. The zero-order chi connectivity index (χ0) is 18.9. The third-order valence-electron chi connectivity index (χ3n) is 4.13. The fourth-order valence-corrected chi connectivity index (χ4v) is 3.04. The SMILES string of the molecule is CN(C[C@@H]1CC(=O)N(C(C)(C)C)C1)C(=O)Nc1cc(F)cc(F)c1Cl. The molecule has 0 bridgehead atoms. The minimum absolute atomic E-state index is 0.00203. The third-order valence-corrected chi connectivity index (χ3v) is 4.51. The molecule has 5 nitrogen and oxygen atoms in total. The third kappa shape index (κ3) is 4.60. The van der Waals surface area contributed by atoms with Gasteiger partial charge < -0.3 is 15.1 Å². The van der Waals surface area contributed by atoms with Crippen molar-refractivity contribution >= 4 is 29.2 Å². The maximum Gasteiger partial charge on any atom is 0.321 e. The van der Waals surface area contributed by atoms with Crippen LogP contribution in [0.3, 0.4) is 0 Å². The van der Waals surface area contributed by atoms with E-state index in [1.54, 1.807) is 11.9 Å². The van der Waals surface area contributed by atoms with Crippen LogP contribution in [-0.4, -0.2) is 47.4 Å². The molecule has 1 heterocycles. The first-order valence-electron chi connectivity index (χ1n) is 7.96. The number of benzene rings is 1. The first-order chi connectivity index (χ1) is 11.5. The van der Waals surface area contributed by atoms with E-state index < -0.39 is 17.7 Å². The zero-order valence-corrected chi connectivity index (χ0v) is 15.5. The molecule has 0 aromatic heterocycles. The van der Waals surface area contributed by atoms with E-state index in [1.807, 2.05) is 20.8 Å². The van der Waals surface area contributed by atoms with Crippen LogP contribution in [0.4, 0.5) is 19.3 Å². The van der Waals surface area contributed by atoms with Crippen molar-refractivity contribution in [3.05, 3.63) is 28.8 Å². The molecule has 1 fully saturated rings. The van der Waals surface area contributed by atoms with Crippen LogP contribution in [-0.2, 0) is 4.79 Å². The summed E-state index contributed by atoms with van der Waals surface area (Å²) in [7, 11) is 1.56. The Labute approximate surface area is 150 Å². The molecule has 1 saturated heterocycles. The average molecular weight is 374 g/mol. The average Bonchev–Trinajstić information content (AvgIpc) is 2.84. The Morgan fingerprint density at radius 2 is 2.04 bits per heavy atom. The number of urea groups is 1. The highest BCUT2D eigenvalue weighted by molar-refractivity contribution is 6.33. The van der Waals surface area contributed by atoms with Crippen molar-refractivity contribution in [3.8, 4) is 0 Å². The lowest BCUT2D eigenvalue weighted by Crippen LogP contribution is -2.43. The number of anilines is 1. The van der Waals surface area contributed by atoms with E-state index in [9.17, 15) is 18.4 Å². The summed E-state index contributed by atoms with van der Waals surface area (Å²) < 4.78 is 26.7. The molecule has 25 heavy (non-hydrogen) atoms. The Morgan fingerprint density at radius 1 is 1.40 bits per heavy atom. The number of nitrogens with one attached hydrogen (secondary N) is 1. The second-order valence-corrected chi connectivity index (χ2v) is 7.68. The van der Waals surface area contributed by atoms with Crippen LogP contribution >= 0.6 is 11.6 Å². The number of amides is 3. The van der Waals surface area contributed by atoms with Crippen molar-refractivity contribution in [3.63, 3.8) is 0 Å². The van der Waals surface area contributed by atoms with Gasteiger partial charge in [0.25, 0.3) is 0 Å². The fraction of sp³-hybridized carbons (Fsp3) is 0.529. The minimum Gasteiger partial charge on any atom is -0.337 e. The number of halogens is 3. The Kier molecular flexibility index (Phi) is 5.56. The van der Waals surface area contributed by atoms with Crippen LogP contribution in [0.1, 0.15) is 27.2 Å². The first kappa shape index (κ1) is 19.4. The molecular formula is C17H22ClF2N3O2. The molecule has 138 valence electrons. The largest absolute Gasteiger partial charge is 0.337 e. The number of hydrogen-bond donors (Lipinski definition) is 1. The van der Waals surface area contributed by atoms with Gasteiger partial charge in [-0.25, -0.2) is 13.6 Å². The summed E-state index contributed by atoms with van der Waals surface area (Å²) in [5, 5.41) is 2.05. The predicted molar refractivity (Wildman–Crippen MR) is 92.6 cm³/mol. The quantitative estimate of drug-likeness (QED) is 0.821. The molecular weight excluding hydrogens is 352 g/mol. The van der Waals surface area contributed by atoms with Gasteiger partial charge in [-0.05, 0) is 26.8 Å². The van der Waals surface area contributed by atoms with E-state index in [1.165, 1.54) is 4.90 Å². The highest BCUT2D eigenvalue weighted by atomic mass is 35.5. The Balaban J connectivity index is 1.99. The highest BCUT2D eigenvalue weighted by Gasteiger charge is 2.36. The predicted octanol–water partition coefficient (Wildman–Crippen LogP) is 3.73. The monoisotopic (exact) mass is 373 g/mol. The van der Waals surface area contributed by atoms with E-state index in [0.29, 0.717) is 25.6 Å². The summed E-state index contributed by atoms with van der Waals surface area (Å²) in [5.41, 5.74) is -0.394. The highest BCUT2D eigenvalue weighted by Crippen LogP contribution is 2.28. The molecule has 1 N–H and O–H groups in total. The zero-order valence-electron chi connectivity index (χ0n) is 14.7. The molecule has 0 unspecified atom stereocenters. The summed E-state index contributed by atoms with van der Waals surface area (Å²) in [4.78, 5) is 27.5. The van der Waals surface area contributed by atoms with Crippen LogP contribution in [0.15, 0.2) is 12.1 Å². The molecule has 0 radical (unpaired) electrons. The summed E-state index contributed by atoms with van der Waals surface area (Å²) >= 11 is 5.75. The first-order valence-corrected chi connectivity index (χ1v) is 8.34. The van der Waals surface area contributed by atoms with Gasteiger partial charge in [0.15, 0.2) is 0 Å². The number of hydrogen-bond acceptors (Lipinski definition) is 2. The van der Waals surface area contributed by atoms with Crippen molar-refractivity contribution in [1.29, 1.82) is 0 Å². The number of carbonyl (C=O) groups excluding carboxylic acids is 2. The number of rotatable bonds is 3. The molecule has 3 amide bonds. The Bertz CT molecular complexity index is 691. The molecule has 2 rings (SSSR count). The van der Waals surface area contributed by atoms with Gasteiger partial charge in [-0.3, -0.25) is 4.79 Å². The van der Waals surface area contributed by atoms with E-state index in [0.717, 1.165) is 6.07 Å². The van der Waals surface area contributed by atoms with Gasteiger partial charge >= 0.3 is 6.03 Å². The smallest absolute Gasteiger partial charge is 0.321 e. The molecule has 0 spiro atoms. The molecule has 1 atom stereocenters. The maximum atomic E-state index is 13.4. The minimum atomic E-state index is -0.943. The summed E-state index contributed by atoms with van der Waals surface area (Å²) in [6, 6.07) is 1.05. The topological polar surface area (TPSA) is 52.7 Å². The molecule has 8 heteroatoms. The lowest BCUT2D eigenvalue weighted by Gasteiger charge is -2.32. The fourth-order valence-electron chi connectivity index (χ4n) is 2.88. The van der Waals surface area contributed by atoms with E-state index in [-0.39, 0.29) is 28.1 Å². The number of nitrogens with zero attached hydrogens (tertiary/aromatic N) is 2. The van der Waals surface area contributed by atoms with Gasteiger partial charge in [-0.1, -0.05) is 11.6 Å². The number of likely N-dealkylation sites (tertiary alicyclic amines) is 1. The lowest BCUT2D eigenvalue weighted by molar-refractivity contribution is -0.131. The van der Waals surface area contributed by atoms with E-state index >= 15 is 0 Å². The Hall–Kier alpha value is -1.89. The Morgan fingerprint density at radius 3 is 2.60 bits per heavy atom.